The normalized spacial score (nSPS) is 12.0. The molecule has 0 aliphatic carbocycles. The average Bonchev–Trinajstić information content (AvgIpc) is 3.04. The molecular weight excluding hydrogens is 586 g/mol. The number of hydrogen-bond donors (Lipinski definition) is 0. The van der Waals surface area contributed by atoms with Crippen molar-refractivity contribution in [3.8, 4) is 11.5 Å². The predicted molar refractivity (Wildman–Crippen MR) is 179 cm³/mol. The Kier molecular flexibility index (Phi) is 12.8. The maximum Gasteiger partial charge on any atom is 0.306 e. The van der Waals surface area contributed by atoms with E-state index in [1.165, 1.54) is 7.11 Å². The van der Waals surface area contributed by atoms with Gasteiger partial charge in [0.05, 0.1) is 41.0 Å². The molecule has 3 aromatic rings. The molecule has 0 N–H and O–H groups in total. The zero-order chi connectivity index (χ0) is 33.1. The Labute approximate surface area is 269 Å². The maximum absolute atomic E-state index is 13.4. The van der Waals surface area contributed by atoms with E-state index in [0.717, 1.165) is 28.2 Å². The van der Waals surface area contributed by atoms with Gasteiger partial charge >= 0.3 is 5.97 Å². The molecule has 0 bridgehead atoms. The van der Waals surface area contributed by atoms with Gasteiger partial charge in [-0.1, -0.05) is 75.4 Å². The minimum Gasteiger partial charge on any atom is -0.497 e. The van der Waals surface area contributed by atoms with Crippen LogP contribution in [0.5, 0.6) is 11.5 Å². The van der Waals surface area contributed by atoms with Crippen molar-refractivity contribution in [1.29, 1.82) is 0 Å². The summed E-state index contributed by atoms with van der Waals surface area (Å²) in [5.74, 6) is 0.903. The van der Waals surface area contributed by atoms with Crippen molar-refractivity contribution in [2.45, 2.75) is 57.3 Å². The van der Waals surface area contributed by atoms with Gasteiger partial charge in [0.1, 0.15) is 17.1 Å². The molecule has 45 heavy (non-hydrogen) atoms. The van der Waals surface area contributed by atoms with E-state index in [4.69, 9.17) is 23.4 Å². The molecule has 0 fully saturated rings. The molecule has 0 saturated carbocycles. The molecule has 0 aliphatic heterocycles. The third kappa shape index (κ3) is 9.19. The number of benzene rings is 3. The number of hydrogen-bond acceptors (Lipinski definition) is 7. The summed E-state index contributed by atoms with van der Waals surface area (Å²) in [5.41, 5.74) is 1.75. The van der Waals surface area contributed by atoms with E-state index in [9.17, 15) is 9.59 Å². The molecule has 0 unspecified atom stereocenters. The van der Waals surface area contributed by atoms with Gasteiger partial charge in [-0.2, -0.15) is 0 Å². The Hall–Kier alpha value is -3.66. The Balaban J connectivity index is 1.97. The molecule has 3 aromatic carbocycles. The summed E-state index contributed by atoms with van der Waals surface area (Å²) in [6, 6.07) is 25.7. The van der Waals surface area contributed by atoms with Crippen LogP contribution in [0, 0.1) is 0 Å². The van der Waals surface area contributed by atoms with Crippen LogP contribution in [-0.4, -0.2) is 72.7 Å². The van der Waals surface area contributed by atoms with Crippen LogP contribution in [0.3, 0.4) is 0 Å². The lowest BCUT2D eigenvalue weighted by Gasteiger charge is -2.38. The third-order valence-electron chi connectivity index (χ3n) is 8.61. The average molecular weight is 636 g/mol. The summed E-state index contributed by atoms with van der Waals surface area (Å²) < 4.78 is 29.1. The van der Waals surface area contributed by atoms with Gasteiger partial charge in [0.15, 0.2) is 8.32 Å². The molecule has 3 rings (SSSR count). The van der Waals surface area contributed by atoms with Crippen molar-refractivity contribution in [3.63, 3.8) is 0 Å². The molecule has 0 aromatic heterocycles. The van der Waals surface area contributed by atoms with Gasteiger partial charge in [-0.3, -0.25) is 9.59 Å². The number of methoxy groups -OCH3 is 3. The highest BCUT2D eigenvalue weighted by molar-refractivity contribution is 6.74. The lowest BCUT2D eigenvalue weighted by molar-refractivity contribution is -0.144. The molecule has 9 heteroatoms. The van der Waals surface area contributed by atoms with Crippen LogP contribution in [0.1, 0.15) is 50.3 Å². The molecule has 0 aliphatic rings. The predicted octanol–water partition coefficient (Wildman–Crippen LogP) is 6.82. The number of esters is 1. The number of ether oxygens (including phenoxy) is 4. The van der Waals surface area contributed by atoms with Gasteiger partial charge < -0.3 is 28.3 Å². The maximum atomic E-state index is 13.4. The zero-order valence-electron chi connectivity index (χ0n) is 28.1. The van der Waals surface area contributed by atoms with Crippen LogP contribution in [0.4, 0.5) is 0 Å². The summed E-state index contributed by atoms with van der Waals surface area (Å²) in [6.07, 6.45) is 0.0645. The van der Waals surface area contributed by atoms with Crippen LogP contribution >= 0.6 is 0 Å². The number of carbonyl (C=O) groups is 2. The topological polar surface area (TPSA) is 83.5 Å². The molecule has 8 nitrogen and oxygen atoms in total. The van der Waals surface area contributed by atoms with E-state index >= 15 is 0 Å². The van der Waals surface area contributed by atoms with Gasteiger partial charge in [-0.15, -0.1) is 0 Å². The quantitative estimate of drug-likeness (QED) is 0.0971. The summed E-state index contributed by atoms with van der Waals surface area (Å²) >= 11 is 0. The van der Waals surface area contributed by atoms with E-state index in [0.29, 0.717) is 19.7 Å². The fraction of sp³-hybridized carbons (Fsp3) is 0.444. The fourth-order valence-electron chi connectivity index (χ4n) is 4.84. The first-order valence-electron chi connectivity index (χ1n) is 15.3. The van der Waals surface area contributed by atoms with E-state index in [-0.39, 0.29) is 30.4 Å². The minimum atomic E-state index is -2.02. The largest absolute Gasteiger partial charge is 0.497 e. The zero-order valence-corrected chi connectivity index (χ0v) is 29.1. The van der Waals surface area contributed by atoms with Crippen LogP contribution in [0.2, 0.25) is 18.1 Å². The van der Waals surface area contributed by atoms with E-state index in [1.54, 1.807) is 19.1 Å². The number of carbonyl (C=O) groups excluding carboxylic acids is 2. The highest BCUT2D eigenvalue weighted by Crippen LogP contribution is 2.41. The first-order valence-corrected chi connectivity index (χ1v) is 18.3. The summed E-state index contributed by atoms with van der Waals surface area (Å²) in [7, 11) is 2.58. The summed E-state index contributed by atoms with van der Waals surface area (Å²) in [4.78, 5) is 27.0. The highest BCUT2D eigenvalue weighted by atomic mass is 28.4. The Morgan fingerprint density at radius 2 is 1.18 bits per heavy atom. The first-order chi connectivity index (χ1) is 21.4. The molecule has 0 heterocycles. The second kappa shape index (κ2) is 16.1. The number of rotatable bonds is 16. The van der Waals surface area contributed by atoms with Gasteiger partial charge in [0, 0.05) is 19.5 Å². The van der Waals surface area contributed by atoms with Crippen molar-refractivity contribution >= 4 is 20.2 Å². The van der Waals surface area contributed by atoms with Crippen LogP contribution < -0.4 is 9.47 Å². The fourth-order valence-corrected chi connectivity index (χ4v) is 5.88. The Morgan fingerprint density at radius 3 is 1.64 bits per heavy atom. The lowest BCUT2D eigenvalue weighted by Crippen LogP contribution is -2.44. The van der Waals surface area contributed by atoms with Crippen molar-refractivity contribution in [2.24, 2.45) is 0 Å². The van der Waals surface area contributed by atoms with Gasteiger partial charge in [0.2, 0.25) is 5.91 Å². The smallest absolute Gasteiger partial charge is 0.306 e. The van der Waals surface area contributed by atoms with Gasteiger partial charge in [-0.25, -0.2) is 0 Å². The minimum absolute atomic E-state index is 0.0153. The third-order valence-corrected chi connectivity index (χ3v) is 13.1. The Bertz CT molecular complexity index is 1310. The van der Waals surface area contributed by atoms with Crippen molar-refractivity contribution in [2.75, 3.05) is 47.6 Å². The van der Waals surface area contributed by atoms with E-state index < -0.39 is 19.9 Å². The van der Waals surface area contributed by atoms with Crippen LogP contribution in [0.15, 0.2) is 78.9 Å². The molecular formula is C36H49NO7Si. The molecule has 0 atom stereocenters. The molecule has 0 saturated heterocycles. The van der Waals surface area contributed by atoms with Crippen LogP contribution in [-0.2, 0) is 29.1 Å². The summed E-state index contributed by atoms with van der Waals surface area (Å²) in [6.45, 7) is 12.3. The van der Waals surface area contributed by atoms with E-state index in [2.05, 4.69) is 33.9 Å². The second-order valence-corrected chi connectivity index (χ2v) is 17.2. The van der Waals surface area contributed by atoms with Crippen molar-refractivity contribution in [1.82, 2.24) is 4.90 Å². The summed E-state index contributed by atoms with van der Waals surface area (Å²) in [5, 5.41) is 0.0435. The SMILES string of the molecule is COC(=O)CCC(=O)N(CCOC(c1ccccc1)(c1ccc(OC)cc1)c1ccc(OC)cc1)CCO[Si](C)(C)C(C)(C)C. The first kappa shape index (κ1) is 35.8. The lowest BCUT2D eigenvalue weighted by atomic mass is 9.80. The number of nitrogens with zero attached hydrogens (tertiary/aromatic N) is 1. The second-order valence-electron chi connectivity index (χ2n) is 12.4. The molecule has 0 radical (unpaired) electrons. The standard InChI is InChI=1S/C36H49NO7Si/c1-35(2,3)45(7,8)44-27-25-37(33(38)22-23-34(39)42-6)24-26-43-36(28-12-10-9-11-13-28,29-14-18-31(40-4)19-15-29)30-16-20-32(41-5)21-17-30/h9-21H,22-27H2,1-8H3. The van der Waals surface area contributed by atoms with Crippen molar-refractivity contribution < 1.29 is 33.0 Å². The van der Waals surface area contributed by atoms with E-state index in [1.807, 2.05) is 78.9 Å². The molecule has 0 spiro atoms. The molecule has 244 valence electrons. The van der Waals surface area contributed by atoms with Crippen LogP contribution in [0.25, 0.3) is 0 Å². The monoisotopic (exact) mass is 635 g/mol. The van der Waals surface area contributed by atoms with Gasteiger partial charge in [0.25, 0.3) is 0 Å². The highest BCUT2D eigenvalue weighted by Gasteiger charge is 2.39. The van der Waals surface area contributed by atoms with Crippen molar-refractivity contribution in [3.05, 3.63) is 95.6 Å². The van der Waals surface area contributed by atoms with Gasteiger partial charge in [-0.05, 0) is 59.1 Å². The molecule has 1 amide bonds. The number of amides is 1. The Morgan fingerprint density at radius 1 is 0.689 bits per heavy atom.